The Hall–Kier alpha value is -1.85. The fourth-order valence-electron chi connectivity index (χ4n) is 2.12. The maximum Gasteiger partial charge on any atom is 0.316 e. The summed E-state index contributed by atoms with van der Waals surface area (Å²) in [6, 6.07) is 2.18. The van der Waals surface area contributed by atoms with Crippen LogP contribution < -0.4 is 10.5 Å². The van der Waals surface area contributed by atoms with Gasteiger partial charge in [-0.3, -0.25) is 0 Å². The molecule has 6 nitrogen and oxygen atoms in total. The van der Waals surface area contributed by atoms with Gasteiger partial charge in [0.05, 0.1) is 19.3 Å². The van der Waals surface area contributed by atoms with Gasteiger partial charge in [0.1, 0.15) is 0 Å². The van der Waals surface area contributed by atoms with Gasteiger partial charge in [-0.25, -0.2) is 9.98 Å². The Morgan fingerprint density at radius 2 is 2.11 bits per heavy atom. The van der Waals surface area contributed by atoms with Crippen LogP contribution in [-0.4, -0.2) is 41.0 Å². The second-order valence-corrected chi connectivity index (χ2v) is 4.61. The summed E-state index contributed by atoms with van der Waals surface area (Å²) in [5.74, 6) is 0.611. The molecule has 0 spiro atoms. The van der Waals surface area contributed by atoms with Crippen LogP contribution in [0.1, 0.15) is 31.4 Å². The summed E-state index contributed by atoms with van der Waals surface area (Å²) in [5.41, 5.74) is 6.85. The highest BCUT2D eigenvalue weighted by atomic mass is 16.5. The number of nitrogens with zero attached hydrogens (tertiary/aromatic N) is 4. The van der Waals surface area contributed by atoms with E-state index in [1.165, 1.54) is 25.7 Å². The number of ether oxygens (including phenoxy) is 1. The minimum Gasteiger partial charge on any atom is -0.467 e. The second kappa shape index (κ2) is 6.92. The number of hydrogen-bond donors (Lipinski definition) is 1. The van der Waals surface area contributed by atoms with Crippen LogP contribution in [0.25, 0.3) is 0 Å². The Morgan fingerprint density at radius 3 is 2.79 bits per heavy atom. The summed E-state index contributed by atoms with van der Waals surface area (Å²) in [6.07, 6.45) is 6.62. The number of methoxy groups -OCH3 is 1. The normalized spacial score (nSPS) is 17.1. The number of rotatable bonds is 3. The molecule has 1 aliphatic heterocycles. The van der Waals surface area contributed by atoms with Gasteiger partial charge in [-0.1, -0.05) is 12.8 Å². The average Bonchev–Trinajstić information content (AvgIpc) is 2.74. The Morgan fingerprint density at radius 1 is 1.37 bits per heavy atom. The molecule has 0 saturated carbocycles. The lowest BCUT2D eigenvalue weighted by atomic mass is 10.2. The predicted octanol–water partition coefficient (Wildman–Crippen LogP) is 1.18. The number of likely N-dealkylation sites (tertiary alicyclic amines) is 1. The highest BCUT2D eigenvalue weighted by Gasteiger charge is 2.10. The Labute approximate surface area is 113 Å². The smallest absolute Gasteiger partial charge is 0.316 e. The van der Waals surface area contributed by atoms with E-state index in [0.29, 0.717) is 18.5 Å². The van der Waals surface area contributed by atoms with E-state index in [1.807, 2.05) is 6.07 Å². The van der Waals surface area contributed by atoms with Crippen molar-refractivity contribution in [3.8, 4) is 6.01 Å². The van der Waals surface area contributed by atoms with Crippen molar-refractivity contribution in [3.05, 3.63) is 18.0 Å². The van der Waals surface area contributed by atoms with Crippen LogP contribution in [-0.2, 0) is 6.54 Å². The minimum absolute atomic E-state index is 0.362. The lowest BCUT2D eigenvalue weighted by Crippen LogP contribution is -2.38. The topological polar surface area (TPSA) is 76.6 Å². The molecule has 1 fully saturated rings. The second-order valence-electron chi connectivity index (χ2n) is 4.61. The Bertz CT molecular complexity index is 427. The van der Waals surface area contributed by atoms with E-state index in [9.17, 15) is 0 Å². The van der Waals surface area contributed by atoms with Crippen molar-refractivity contribution in [2.45, 2.75) is 32.2 Å². The third-order valence-corrected chi connectivity index (χ3v) is 3.21. The van der Waals surface area contributed by atoms with Gasteiger partial charge in [0, 0.05) is 19.3 Å². The van der Waals surface area contributed by atoms with Crippen molar-refractivity contribution in [2.75, 3.05) is 20.2 Å². The van der Waals surface area contributed by atoms with Crippen molar-refractivity contribution < 1.29 is 4.74 Å². The molecular formula is C13H21N5O. The van der Waals surface area contributed by atoms with Crippen LogP contribution >= 0.6 is 0 Å². The van der Waals surface area contributed by atoms with Gasteiger partial charge in [0.2, 0.25) is 0 Å². The van der Waals surface area contributed by atoms with Crippen molar-refractivity contribution in [1.29, 1.82) is 0 Å². The third kappa shape index (κ3) is 4.08. The summed E-state index contributed by atoms with van der Waals surface area (Å²) >= 11 is 0. The van der Waals surface area contributed by atoms with Gasteiger partial charge in [-0.05, 0) is 18.9 Å². The van der Waals surface area contributed by atoms with E-state index in [-0.39, 0.29) is 0 Å². The van der Waals surface area contributed by atoms with E-state index in [4.69, 9.17) is 10.5 Å². The number of aliphatic imine (C=N–C) groups is 1. The first-order valence-corrected chi connectivity index (χ1v) is 6.70. The standard InChI is InChI=1S/C13H21N5O/c1-19-13-15-7-6-11(17-13)10-16-12(14)18-8-4-2-3-5-9-18/h6-7H,2-5,8-10H2,1H3,(H2,14,16). The molecule has 1 aliphatic rings. The van der Waals surface area contributed by atoms with E-state index >= 15 is 0 Å². The van der Waals surface area contributed by atoms with Crippen molar-refractivity contribution in [2.24, 2.45) is 10.7 Å². The molecule has 0 radical (unpaired) electrons. The summed E-state index contributed by atoms with van der Waals surface area (Å²) in [7, 11) is 1.55. The van der Waals surface area contributed by atoms with Gasteiger partial charge < -0.3 is 15.4 Å². The maximum atomic E-state index is 6.04. The van der Waals surface area contributed by atoms with E-state index < -0.39 is 0 Å². The van der Waals surface area contributed by atoms with Crippen LogP contribution in [0.2, 0.25) is 0 Å². The summed E-state index contributed by atoms with van der Waals surface area (Å²) < 4.78 is 4.98. The molecule has 1 aromatic rings. The Balaban J connectivity index is 1.96. The molecule has 0 unspecified atom stereocenters. The Kier molecular flexibility index (Phi) is 4.94. The van der Waals surface area contributed by atoms with Crippen LogP contribution in [0.5, 0.6) is 6.01 Å². The molecule has 19 heavy (non-hydrogen) atoms. The van der Waals surface area contributed by atoms with E-state index in [0.717, 1.165) is 18.8 Å². The molecule has 2 rings (SSSR count). The van der Waals surface area contributed by atoms with Gasteiger partial charge in [0.15, 0.2) is 5.96 Å². The fraction of sp³-hybridized carbons (Fsp3) is 0.615. The number of nitrogens with two attached hydrogens (primary N) is 1. The third-order valence-electron chi connectivity index (χ3n) is 3.21. The zero-order valence-electron chi connectivity index (χ0n) is 11.4. The van der Waals surface area contributed by atoms with Gasteiger partial charge in [0.25, 0.3) is 0 Å². The first-order chi connectivity index (χ1) is 9.29. The molecule has 0 atom stereocenters. The summed E-state index contributed by atoms with van der Waals surface area (Å²) in [6.45, 7) is 2.46. The lowest BCUT2D eigenvalue weighted by molar-refractivity contribution is 0.378. The zero-order valence-corrected chi connectivity index (χ0v) is 11.4. The van der Waals surface area contributed by atoms with Crippen molar-refractivity contribution in [1.82, 2.24) is 14.9 Å². The highest BCUT2D eigenvalue weighted by molar-refractivity contribution is 5.78. The van der Waals surface area contributed by atoms with Gasteiger partial charge in [-0.2, -0.15) is 4.98 Å². The summed E-state index contributed by atoms with van der Waals surface area (Å²) in [5, 5.41) is 0. The lowest BCUT2D eigenvalue weighted by Gasteiger charge is -2.20. The highest BCUT2D eigenvalue weighted by Crippen LogP contribution is 2.09. The number of hydrogen-bond acceptors (Lipinski definition) is 4. The van der Waals surface area contributed by atoms with E-state index in [1.54, 1.807) is 13.3 Å². The van der Waals surface area contributed by atoms with Crippen LogP contribution in [0.15, 0.2) is 17.3 Å². The van der Waals surface area contributed by atoms with Gasteiger partial charge >= 0.3 is 6.01 Å². The monoisotopic (exact) mass is 263 g/mol. The molecule has 1 aromatic heterocycles. The predicted molar refractivity (Wildman–Crippen MR) is 74.0 cm³/mol. The number of guanidine groups is 1. The molecule has 0 aromatic carbocycles. The van der Waals surface area contributed by atoms with E-state index in [2.05, 4.69) is 19.9 Å². The average molecular weight is 263 g/mol. The molecule has 0 amide bonds. The van der Waals surface area contributed by atoms with Gasteiger partial charge in [-0.15, -0.1) is 0 Å². The van der Waals surface area contributed by atoms with Crippen LogP contribution in [0.4, 0.5) is 0 Å². The van der Waals surface area contributed by atoms with Crippen molar-refractivity contribution in [3.63, 3.8) is 0 Å². The molecule has 0 bridgehead atoms. The number of aromatic nitrogens is 2. The molecule has 104 valence electrons. The molecule has 6 heteroatoms. The van der Waals surface area contributed by atoms with Crippen molar-refractivity contribution >= 4 is 5.96 Å². The largest absolute Gasteiger partial charge is 0.467 e. The fourth-order valence-corrected chi connectivity index (χ4v) is 2.12. The SMILES string of the molecule is COc1nccc(CN=C(N)N2CCCCCC2)n1. The maximum absolute atomic E-state index is 6.04. The first-order valence-electron chi connectivity index (χ1n) is 6.70. The molecular weight excluding hydrogens is 242 g/mol. The molecule has 2 N–H and O–H groups in total. The molecule has 0 aliphatic carbocycles. The zero-order chi connectivity index (χ0) is 13.5. The van der Waals surface area contributed by atoms with Crippen LogP contribution in [0, 0.1) is 0 Å². The summed E-state index contributed by atoms with van der Waals surface area (Å²) in [4.78, 5) is 14.7. The molecule has 1 saturated heterocycles. The molecule has 2 heterocycles. The van der Waals surface area contributed by atoms with Crippen LogP contribution in [0.3, 0.4) is 0 Å². The quantitative estimate of drug-likeness (QED) is 0.654. The first kappa shape index (κ1) is 13.6. The minimum atomic E-state index is 0.362.